The van der Waals surface area contributed by atoms with Crippen molar-refractivity contribution in [3.05, 3.63) is 40.6 Å². The number of aryl methyl sites for hydroxylation is 1. The van der Waals surface area contributed by atoms with Gasteiger partial charge < -0.3 is 14.5 Å². The number of anilines is 1. The average Bonchev–Trinajstić information content (AvgIpc) is 3.28. The number of benzene rings is 1. The maximum absolute atomic E-state index is 13.2. The largest absolute Gasteiger partial charge is 0.472 e. The SMILES string of the molecule is Cc1nnc(NCCOc2nonc2C(=Nc2ccc(F)c(Cl)c2)NO)o1. The lowest BCUT2D eigenvalue weighted by Gasteiger charge is -2.05. The first-order valence-corrected chi connectivity index (χ1v) is 7.88. The Labute approximate surface area is 156 Å². The van der Waals surface area contributed by atoms with Gasteiger partial charge in [-0.25, -0.2) is 14.0 Å². The first-order valence-electron chi connectivity index (χ1n) is 7.50. The summed E-state index contributed by atoms with van der Waals surface area (Å²) in [4.78, 5) is 4.07. The lowest BCUT2D eigenvalue weighted by atomic mass is 10.3. The number of aromatic nitrogens is 4. The van der Waals surface area contributed by atoms with Gasteiger partial charge in [0.2, 0.25) is 11.6 Å². The second-order valence-electron chi connectivity index (χ2n) is 4.99. The Morgan fingerprint density at radius 2 is 2.22 bits per heavy atom. The van der Waals surface area contributed by atoms with Crippen LogP contribution in [0.5, 0.6) is 5.88 Å². The van der Waals surface area contributed by atoms with Gasteiger partial charge in [0.25, 0.3) is 5.88 Å². The van der Waals surface area contributed by atoms with E-state index in [0.717, 1.165) is 6.07 Å². The number of amidine groups is 1. The summed E-state index contributed by atoms with van der Waals surface area (Å²) in [5, 5.41) is 26.7. The molecule has 0 spiro atoms. The van der Waals surface area contributed by atoms with E-state index >= 15 is 0 Å². The van der Waals surface area contributed by atoms with Crippen LogP contribution in [0, 0.1) is 12.7 Å². The van der Waals surface area contributed by atoms with Crippen molar-refractivity contribution < 1.29 is 23.4 Å². The van der Waals surface area contributed by atoms with Gasteiger partial charge in [-0.2, -0.15) is 0 Å². The standard InChI is InChI=1S/C14H13ClFN7O4/c1-7-19-20-14(26-7)17-4-5-25-13-11(22-27-23-13)12(21-24)18-8-2-3-10(16)9(15)6-8/h2-3,6,24H,4-5H2,1H3,(H,17,20)(H,18,21). The fourth-order valence-corrected chi connectivity index (χ4v) is 2.08. The van der Waals surface area contributed by atoms with Gasteiger partial charge in [-0.3, -0.25) is 10.7 Å². The number of hydrogen-bond donors (Lipinski definition) is 3. The monoisotopic (exact) mass is 397 g/mol. The van der Waals surface area contributed by atoms with E-state index < -0.39 is 5.82 Å². The summed E-state index contributed by atoms with van der Waals surface area (Å²) < 4.78 is 28.4. The molecule has 27 heavy (non-hydrogen) atoms. The molecule has 0 unspecified atom stereocenters. The molecule has 2 aromatic heterocycles. The predicted molar refractivity (Wildman–Crippen MR) is 89.8 cm³/mol. The minimum absolute atomic E-state index is 0.00609. The molecule has 0 bridgehead atoms. The smallest absolute Gasteiger partial charge is 0.315 e. The van der Waals surface area contributed by atoms with E-state index in [1.165, 1.54) is 12.1 Å². The van der Waals surface area contributed by atoms with Crippen molar-refractivity contribution in [3.63, 3.8) is 0 Å². The van der Waals surface area contributed by atoms with Crippen LogP contribution < -0.4 is 15.5 Å². The lowest BCUT2D eigenvalue weighted by molar-refractivity contribution is 0.233. The van der Waals surface area contributed by atoms with E-state index in [1.54, 1.807) is 6.92 Å². The molecule has 13 heteroatoms. The van der Waals surface area contributed by atoms with E-state index in [0.29, 0.717) is 12.4 Å². The van der Waals surface area contributed by atoms with Gasteiger partial charge in [-0.15, -0.1) is 5.10 Å². The number of hydrogen-bond acceptors (Lipinski definition) is 10. The lowest BCUT2D eigenvalue weighted by Crippen LogP contribution is -2.22. The zero-order valence-electron chi connectivity index (χ0n) is 13.8. The highest BCUT2D eigenvalue weighted by Gasteiger charge is 2.18. The zero-order valence-corrected chi connectivity index (χ0v) is 14.6. The Kier molecular flexibility index (Phi) is 5.78. The topological polar surface area (TPSA) is 144 Å². The second kappa shape index (κ2) is 8.42. The molecule has 0 amide bonds. The fourth-order valence-electron chi connectivity index (χ4n) is 1.91. The number of ether oxygens (including phenoxy) is 1. The molecule has 11 nitrogen and oxygen atoms in total. The van der Waals surface area contributed by atoms with Gasteiger partial charge in [0.15, 0.2) is 5.84 Å². The van der Waals surface area contributed by atoms with Crippen LogP contribution in [0.25, 0.3) is 0 Å². The van der Waals surface area contributed by atoms with Crippen molar-refractivity contribution in [2.24, 2.45) is 4.99 Å². The van der Waals surface area contributed by atoms with Crippen molar-refractivity contribution in [1.29, 1.82) is 0 Å². The molecule has 0 fully saturated rings. The summed E-state index contributed by atoms with van der Waals surface area (Å²) in [7, 11) is 0. The first-order chi connectivity index (χ1) is 13.1. The molecule has 142 valence electrons. The van der Waals surface area contributed by atoms with Crippen molar-refractivity contribution in [1.82, 2.24) is 26.0 Å². The molecule has 3 N–H and O–H groups in total. The second-order valence-corrected chi connectivity index (χ2v) is 5.40. The minimum atomic E-state index is -0.592. The van der Waals surface area contributed by atoms with Gasteiger partial charge in [-0.1, -0.05) is 16.7 Å². The molecule has 3 rings (SSSR count). The summed E-state index contributed by atoms with van der Waals surface area (Å²) in [6.07, 6.45) is 0. The van der Waals surface area contributed by atoms with Crippen LogP contribution in [0.2, 0.25) is 5.02 Å². The number of halogens is 2. The Hall–Kier alpha value is -3.25. The third-order valence-corrected chi connectivity index (χ3v) is 3.37. The molecule has 0 saturated carbocycles. The highest BCUT2D eigenvalue weighted by molar-refractivity contribution is 6.31. The fraction of sp³-hybridized carbons (Fsp3) is 0.214. The molecule has 2 heterocycles. The Morgan fingerprint density at radius 3 is 2.93 bits per heavy atom. The molecule has 1 aromatic carbocycles. The third kappa shape index (κ3) is 4.68. The maximum Gasteiger partial charge on any atom is 0.315 e. The van der Waals surface area contributed by atoms with E-state index in [2.05, 4.69) is 35.4 Å². The van der Waals surface area contributed by atoms with Gasteiger partial charge >= 0.3 is 6.01 Å². The van der Waals surface area contributed by atoms with Crippen LogP contribution in [0.15, 0.2) is 32.2 Å². The molecule has 0 aliphatic heterocycles. The van der Waals surface area contributed by atoms with Crippen molar-refractivity contribution >= 4 is 29.1 Å². The van der Waals surface area contributed by atoms with Crippen molar-refractivity contribution in [3.8, 4) is 5.88 Å². The minimum Gasteiger partial charge on any atom is -0.472 e. The number of hydroxylamine groups is 1. The average molecular weight is 398 g/mol. The van der Waals surface area contributed by atoms with E-state index in [-0.39, 0.29) is 40.7 Å². The number of aliphatic imine (C=N–C) groups is 1. The normalized spacial score (nSPS) is 11.5. The van der Waals surface area contributed by atoms with Crippen LogP contribution in [0.1, 0.15) is 11.6 Å². The van der Waals surface area contributed by atoms with Crippen LogP contribution >= 0.6 is 11.6 Å². The maximum atomic E-state index is 13.2. The zero-order chi connectivity index (χ0) is 19.2. The van der Waals surface area contributed by atoms with Gasteiger partial charge in [0, 0.05) is 6.92 Å². The Morgan fingerprint density at radius 1 is 1.37 bits per heavy atom. The van der Waals surface area contributed by atoms with Gasteiger partial charge in [0.05, 0.1) is 17.3 Å². The summed E-state index contributed by atoms with van der Waals surface area (Å²) in [5.41, 5.74) is 2.14. The van der Waals surface area contributed by atoms with Crippen molar-refractivity contribution in [2.75, 3.05) is 18.5 Å². The molecule has 0 atom stereocenters. The van der Waals surface area contributed by atoms with E-state index in [9.17, 15) is 9.60 Å². The summed E-state index contributed by atoms with van der Waals surface area (Å²) in [6, 6.07) is 4.03. The quantitative estimate of drug-likeness (QED) is 0.234. The molecular weight excluding hydrogens is 385 g/mol. The van der Waals surface area contributed by atoms with E-state index in [4.69, 9.17) is 20.8 Å². The Balaban J connectivity index is 1.66. The van der Waals surface area contributed by atoms with Gasteiger partial charge in [-0.05, 0) is 28.5 Å². The van der Waals surface area contributed by atoms with E-state index in [1.807, 2.05) is 5.48 Å². The first kappa shape index (κ1) is 18.5. The molecule has 0 aliphatic carbocycles. The van der Waals surface area contributed by atoms with Crippen LogP contribution in [0.4, 0.5) is 16.1 Å². The van der Waals surface area contributed by atoms with Gasteiger partial charge in [0.1, 0.15) is 12.4 Å². The number of nitrogens with zero attached hydrogens (tertiary/aromatic N) is 5. The third-order valence-electron chi connectivity index (χ3n) is 3.08. The molecule has 0 aliphatic rings. The molecule has 0 radical (unpaired) electrons. The number of nitrogens with one attached hydrogen (secondary N) is 2. The summed E-state index contributed by atoms with van der Waals surface area (Å²) in [5.74, 6) is -0.316. The number of rotatable bonds is 7. The summed E-state index contributed by atoms with van der Waals surface area (Å²) in [6.45, 7) is 2.13. The highest BCUT2D eigenvalue weighted by Crippen LogP contribution is 2.23. The Bertz CT molecular complexity index is 945. The predicted octanol–water partition coefficient (Wildman–Crippen LogP) is 2.10. The molecule has 0 saturated heterocycles. The molecule has 3 aromatic rings. The highest BCUT2D eigenvalue weighted by atomic mass is 35.5. The molecular formula is C14H13ClFN7O4. The summed E-state index contributed by atoms with van der Waals surface area (Å²) >= 11 is 5.71. The van der Waals surface area contributed by atoms with Crippen LogP contribution in [-0.4, -0.2) is 44.7 Å². The van der Waals surface area contributed by atoms with Crippen molar-refractivity contribution in [2.45, 2.75) is 6.92 Å². The van der Waals surface area contributed by atoms with Crippen LogP contribution in [0.3, 0.4) is 0 Å². The van der Waals surface area contributed by atoms with Crippen LogP contribution in [-0.2, 0) is 0 Å².